The van der Waals surface area contributed by atoms with Crippen molar-refractivity contribution in [3.05, 3.63) is 29.8 Å². The quantitative estimate of drug-likeness (QED) is 0.744. The molecule has 1 atom stereocenters. The van der Waals surface area contributed by atoms with Crippen molar-refractivity contribution in [2.24, 2.45) is 0 Å². The average Bonchev–Trinajstić information content (AvgIpc) is 2.59. The van der Waals surface area contributed by atoms with Crippen LogP contribution in [-0.2, 0) is 9.53 Å². The molecule has 1 heterocycles. The van der Waals surface area contributed by atoms with Gasteiger partial charge in [0.25, 0.3) is 5.91 Å². The summed E-state index contributed by atoms with van der Waals surface area (Å²) < 4.78 is 11.2. The molecule has 1 saturated heterocycles. The molecular formula is C18H28N2O3. The summed E-state index contributed by atoms with van der Waals surface area (Å²) in [5, 5.41) is 2.99. The number of ether oxygens (including phenoxy) is 2. The van der Waals surface area contributed by atoms with Gasteiger partial charge in [0.05, 0.1) is 13.2 Å². The summed E-state index contributed by atoms with van der Waals surface area (Å²) in [6.07, 6.45) is 1.18. The molecule has 1 N–H and O–H groups in total. The Kier molecular flexibility index (Phi) is 7.36. The van der Waals surface area contributed by atoms with Crippen LogP contribution in [0.5, 0.6) is 5.75 Å². The fourth-order valence-corrected chi connectivity index (χ4v) is 2.62. The topological polar surface area (TPSA) is 50.8 Å². The van der Waals surface area contributed by atoms with Gasteiger partial charge in [-0.05, 0) is 37.9 Å². The van der Waals surface area contributed by atoms with Crippen molar-refractivity contribution in [3.8, 4) is 5.75 Å². The van der Waals surface area contributed by atoms with Crippen molar-refractivity contribution >= 4 is 5.91 Å². The van der Waals surface area contributed by atoms with Crippen molar-refractivity contribution < 1.29 is 14.3 Å². The fourth-order valence-electron chi connectivity index (χ4n) is 2.62. The summed E-state index contributed by atoms with van der Waals surface area (Å²) in [5.74, 6) is 0.751. The van der Waals surface area contributed by atoms with Crippen molar-refractivity contribution in [2.75, 3.05) is 39.4 Å². The predicted octanol–water partition coefficient (Wildman–Crippen LogP) is 1.99. The van der Waals surface area contributed by atoms with Crippen molar-refractivity contribution in [3.63, 3.8) is 0 Å². The Morgan fingerprint density at radius 2 is 2.09 bits per heavy atom. The Bertz CT molecular complexity index is 487. The molecule has 0 saturated carbocycles. The molecule has 1 aliphatic heterocycles. The standard InChI is InChI=1S/C18H28N2O3/c1-3-16(23-17-8-5-4-7-15(17)2)18(21)19-9-6-10-20-11-13-22-14-12-20/h4-5,7-8,16H,3,6,9-14H2,1-2H3,(H,19,21)/t16-/m1/s1. The van der Waals surface area contributed by atoms with Gasteiger partial charge in [0, 0.05) is 19.6 Å². The fraction of sp³-hybridized carbons (Fsp3) is 0.611. The van der Waals surface area contributed by atoms with E-state index in [4.69, 9.17) is 9.47 Å². The van der Waals surface area contributed by atoms with Gasteiger partial charge in [-0.25, -0.2) is 0 Å². The third-order valence-electron chi connectivity index (χ3n) is 4.08. The Morgan fingerprint density at radius 1 is 1.35 bits per heavy atom. The number of benzene rings is 1. The van der Waals surface area contributed by atoms with E-state index < -0.39 is 6.10 Å². The zero-order valence-electron chi connectivity index (χ0n) is 14.2. The van der Waals surface area contributed by atoms with Gasteiger partial charge in [-0.1, -0.05) is 25.1 Å². The van der Waals surface area contributed by atoms with Gasteiger partial charge in [-0.2, -0.15) is 0 Å². The Hall–Kier alpha value is -1.59. The van der Waals surface area contributed by atoms with E-state index in [1.54, 1.807) is 0 Å². The smallest absolute Gasteiger partial charge is 0.261 e. The monoisotopic (exact) mass is 320 g/mol. The largest absolute Gasteiger partial charge is 0.480 e. The van der Waals surface area contributed by atoms with E-state index in [-0.39, 0.29) is 5.91 Å². The Morgan fingerprint density at radius 3 is 2.78 bits per heavy atom. The number of morpholine rings is 1. The van der Waals surface area contributed by atoms with E-state index in [0.717, 1.165) is 50.6 Å². The van der Waals surface area contributed by atoms with Gasteiger partial charge < -0.3 is 14.8 Å². The molecule has 128 valence electrons. The highest BCUT2D eigenvalue weighted by molar-refractivity contribution is 5.81. The highest BCUT2D eigenvalue weighted by Crippen LogP contribution is 2.18. The van der Waals surface area contributed by atoms with Crippen molar-refractivity contribution in [1.29, 1.82) is 0 Å². The van der Waals surface area contributed by atoms with Crippen LogP contribution >= 0.6 is 0 Å². The van der Waals surface area contributed by atoms with Gasteiger partial charge in [0.2, 0.25) is 0 Å². The number of hydrogen-bond acceptors (Lipinski definition) is 4. The molecule has 0 bridgehead atoms. The Balaban J connectivity index is 1.71. The minimum absolute atomic E-state index is 0.0299. The first kappa shape index (κ1) is 17.8. The zero-order chi connectivity index (χ0) is 16.5. The molecule has 0 unspecified atom stereocenters. The minimum Gasteiger partial charge on any atom is -0.480 e. The normalized spacial score (nSPS) is 16.8. The summed E-state index contributed by atoms with van der Waals surface area (Å²) >= 11 is 0. The summed E-state index contributed by atoms with van der Waals surface area (Å²) in [6, 6.07) is 7.79. The molecule has 23 heavy (non-hydrogen) atoms. The first-order chi connectivity index (χ1) is 11.2. The third kappa shape index (κ3) is 5.84. The first-order valence-corrected chi connectivity index (χ1v) is 8.50. The maximum Gasteiger partial charge on any atom is 0.261 e. The number of carbonyl (C=O) groups is 1. The van der Waals surface area contributed by atoms with Crippen LogP contribution in [0.3, 0.4) is 0 Å². The van der Waals surface area contributed by atoms with Crippen LogP contribution < -0.4 is 10.1 Å². The van der Waals surface area contributed by atoms with Crippen LogP contribution in [0, 0.1) is 6.92 Å². The number of carbonyl (C=O) groups excluding carboxylic acids is 1. The zero-order valence-corrected chi connectivity index (χ0v) is 14.2. The number of amides is 1. The van der Waals surface area contributed by atoms with E-state index in [2.05, 4.69) is 10.2 Å². The van der Waals surface area contributed by atoms with E-state index in [0.29, 0.717) is 13.0 Å². The van der Waals surface area contributed by atoms with E-state index in [1.165, 1.54) is 0 Å². The number of aryl methyl sites for hydroxylation is 1. The highest BCUT2D eigenvalue weighted by atomic mass is 16.5. The summed E-state index contributed by atoms with van der Waals surface area (Å²) in [6.45, 7) is 9.24. The Labute approximate surface area is 139 Å². The van der Waals surface area contributed by atoms with Crippen LogP contribution in [0.1, 0.15) is 25.3 Å². The first-order valence-electron chi connectivity index (χ1n) is 8.50. The van der Waals surface area contributed by atoms with Crippen molar-refractivity contribution in [2.45, 2.75) is 32.8 Å². The number of rotatable bonds is 8. The van der Waals surface area contributed by atoms with Crippen LogP contribution in [0.15, 0.2) is 24.3 Å². The third-order valence-corrected chi connectivity index (χ3v) is 4.08. The molecule has 5 heteroatoms. The van der Waals surface area contributed by atoms with Gasteiger partial charge in [-0.15, -0.1) is 0 Å². The van der Waals surface area contributed by atoms with Crippen LogP contribution in [0.25, 0.3) is 0 Å². The molecule has 1 fully saturated rings. The number of hydrogen-bond donors (Lipinski definition) is 1. The molecule has 0 spiro atoms. The number of para-hydroxylation sites is 1. The summed E-state index contributed by atoms with van der Waals surface area (Å²) in [4.78, 5) is 14.6. The van der Waals surface area contributed by atoms with Crippen LogP contribution in [0.4, 0.5) is 0 Å². The second-order valence-electron chi connectivity index (χ2n) is 5.88. The van der Waals surface area contributed by atoms with Crippen LogP contribution in [-0.4, -0.2) is 56.3 Å². The average molecular weight is 320 g/mol. The molecule has 2 rings (SSSR count). The molecular weight excluding hydrogens is 292 g/mol. The second kappa shape index (κ2) is 9.53. The van der Waals surface area contributed by atoms with Crippen LogP contribution in [0.2, 0.25) is 0 Å². The summed E-state index contributed by atoms with van der Waals surface area (Å²) in [7, 11) is 0. The van der Waals surface area contributed by atoms with Gasteiger partial charge >= 0.3 is 0 Å². The molecule has 0 radical (unpaired) electrons. The lowest BCUT2D eigenvalue weighted by Crippen LogP contribution is -2.41. The maximum absolute atomic E-state index is 12.3. The number of nitrogens with zero attached hydrogens (tertiary/aromatic N) is 1. The van der Waals surface area contributed by atoms with Gasteiger partial charge in [-0.3, -0.25) is 9.69 Å². The molecule has 1 aromatic carbocycles. The predicted molar refractivity (Wildman–Crippen MR) is 90.8 cm³/mol. The SMILES string of the molecule is CC[C@@H](Oc1ccccc1C)C(=O)NCCCN1CCOCC1. The minimum atomic E-state index is -0.431. The van der Waals surface area contributed by atoms with E-state index >= 15 is 0 Å². The van der Waals surface area contributed by atoms with E-state index in [1.807, 2.05) is 38.1 Å². The van der Waals surface area contributed by atoms with Gasteiger partial charge in [0.1, 0.15) is 5.75 Å². The molecule has 0 aliphatic carbocycles. The van der Waals surface area contributed by atoms with Gasteiger partial charge in [0.15, 0.2) is 6.10 Å². The molecule has 1 aliphatic rings. The highest BCUT2D eigenvalue weighted by Gasteiger charge is 2.18. The lowest BCUT2D eigenvalue weighted by Gasteiger charge is -2.26. The lowest BCUT2D eigenvalue weighted by atomic mass is 10.2. The summed E-state index contributed by atoms with van der Waals surface area (Å²) in [5.41, 5.74) is 1.05. The lowest BCUT2D eigenvalue weighted by molar-refractivity contribution is -0.128. The number of nitrogens with one attached hydrogen (secondary N) is 1. The van der Waals surface area contributed by atoms with E-state index in [9.17, 15) is 4.79 Å². The molecule has 5 nitrogen and oxygen atoms in total. The molecule has 0 aromatic heterocycles. The molecule has 1 amide bonds. The van der Waals surface area contributed by atoms with Crippen molar-refractivity contribution in [1.82, 2.24) is 10.2 Å². The second-order valence-corrected chi connectivity index (χ2v) is 5.88. The maximum atomic E-state index is 12.3. The molecule has 1 aromatic rings.